The molecule has 13 heteroatoms. The minimum Gasteiger partial charge on any atom is -0.450 e. The van der Waals surface area contributed by atoms with Gasteiger partial charge in [-0.1, -0.05) is 43.7 Å². The first-order valence-electron chi connectivity index (χ1n) is 15.4. The van der Waals surface area contributed by atoms with Crippen LogP contribution in [-0.4, -0.2) is 107 Å². The van der Waals surface area contributed by atoms with Crippen LogP contribution in [0.25, 0.3) is 11.4 Å². The molecule has 2 saturated carbocycles. The minimum absolute atomic E-state index is 0.0512. The first-order chi connectivity index (χ1) is 21.3. The molecule has 0 radical (unpaired) electrons. The van der Waals surface area contributed by atoms with Gasteiger partial charge in [0.1, 0.15) is 23.7 Å². The fourth-order valence-electron chi connectivity index (χ4n) is 6.11. The van der Waals surface area contributed by atoms with Crippen molar-refractivity contribution in [2.24, 2.45) is 17.8 Å². The van der Waals surface area contributed by atoms with E-state index in [0.717, 1.165) is 31.2 Å². The van der Waals surface area contributed by atoms with Crippen LogP contribution in [0.4, 0.5) is 15.4 Å². The number of piperazine rings is 1. The molecule has 2 aliphatic carbocycles. The standard InChI is InChI=1S/C31H38N6O7/c1-2-3-15-43-30(40)36-13-11-35(12-14-36)29(39)25(19-9-10-19)34-28(38)23-16-24(33-27(32-23)20-7-5-4-6-8-20)37-17-21-22(18-37)26(21)44-31(41)42/h4-8,16,19,21-22,25-26H,2-3,9-15,17-18H2,1H3,(H,34,38)(H,41,42)/t21-,22+,25-,26?/m0/s1. The van der Waals surface area contributed by atoms with Gasteiger partial charge < -0.3 is 34.6 Å². The third-order valence-electron chi connectivity index (χ3n) is 8.87. The summed E-state index contributed by atoms with van der Waals surface area (Å²) in [4.78, 5) is 65.3. The van der Waals surface area contributed by atoms with Gasteiger partial charge in [-0.15, -0.1) is 0 Å². The van der Waals surface area contributed by atoms with Crippen molar-refractivity contribution >= 4 is 29.9 Å². The van der Waals surface area contributed by atoms with Crippen molar-refractivity contribution in [2.75, 3.05) is 50.8 Å². The molecule has 2 aliphatic heterocycles. The Balaban J connectivity index is 1.14. The maximum Gasteiger partial charge on any atom is 0.506 e. The number of nitrogens with zero attached hydrogens (tertiary/aromatic N) is 5. The molecule has 44 heavy (non-hydrogen) atoms. The summed E-state index contributed by atoms with van der Waals surface area (Å²) in [7, 11) is 0. The van der Waals surface area contributed by atoms with Gasteiger partial charge in [-0.2, -0.15) is 0 Å². The summed E-state index contributed by atoms with van der Waals surface area (Å²) in [5.41, 5.74) is 0.909. The smallest absolute Gasteiger partial charge is 0.450 e. The predicted molar refractivity (Wildman–Crippen MR) is 158 cm³/mol. The van der Waals surface area contributed by atoms with E-state index in [2.05, 4.69) is 10.3 Å². The highest BCUT2D eigenvalue weighted by molar-refractivity contribution is 5.97. The summed E-state index contributed by atoms with van der Waals surface area (Å²) in [6.45, 7) is 5.07. The SMILES string of the molecule is CCCCOC(=O)N1CCN(C(=O)[C@@H](NC(=O)c2cc(N3C[C@@H]4C(OC(=O)O)[C@@H]4C3)nc(-c3ccccc3)n2)C2CC2)CC1. The summed E-state index contributed by atoms with van der Waals surface area (Å²) in [5.74, 6) is 0.593. The highest BCUT2D eigenvalue weighted by atomic mass is 16.7. The lowest BCUT2D eigenvalue weighted by Crippen LogP contribution is -2.56. The van der Waals surface area contributed by atoms with Crippen LogP contribution in [-0.2, 0) is 14.3 Å². The number of benzene rings is 1. The highest BCUT2D eigenvalue weighted by Gasteiger charge is 2.59. The van der Waals surface area contributed by atoms with Crippen LogP contribution < -0.4 is 10.2 Å². The van der Waals surface area contributed by atoms with Crippen LogP contribution >= 0.6 is 0 Å². The van der Waals surface area contributed by atoms with Gasteiger partial charge >= 0.3 is 12.2 Å². The van der Waals surface area contributed by atoms with Gasteiger partial charge in [0.05, 0.1) is 6.61 Å². The van der Waals surface area contributed by atoms with Crippen LogP contribution in [0.1, 0.15) is 43.1 Å². The third kappa shape index (κ3) is 6.56. The lowest BCUT2D eigenvalue weighted by molar-refractivity contribution is -0.135. The Kier molecular flexibility index (Phi) is 8.53. The number of hydrogen-bond donors (Lipinski definition) is 2. The maximum absolute atomic E-state index is 13.7. The van der Waals surface area contributed by atoms with E-state index in [1.54, 1.807) is 15.9 Å². The Morgan fingerprint density at radius 1 is 1.00 bits per heavy atom. The molecule has 2 saturated heterocycles. The number of anilines is 1. The van der Waals surface area contributed by atoms with Crippen molar-refractivity contribution < 1.29 is 33.8 Å². The first kappa shape index (κ1) is 29.6. The number of carbonyl (C=O) groups excluding carboxylic acids is 3. The molecule has 1 aromatic heterocycles. The number of nitrogens with one attached hydrogen (secondary N) is 1. The van der Waals surface area contributed by atoms with Gasteiger partial charge in [0.25, 0.3) is 5.91 Å². The van der Waals surface area contributed by atoms with Crippen molar-refractivity contribution in [2.45, 2.75) is 44.8 Å². The molecule has 3 amide bonds. The average molecular weight is 607 g/mol. The molecule has 6 rings (SSSR count). The van der Waals surface area contributed by atoms with Gasteiger partial charge in [0.2, 0.25) is 5.91 Å². The topological polar surface area (TPSA) is 154 Å². The number of ether oxygens (including phenoxy) is 2. The summed E-state index contributed by atoms with van der Waals surface area (Å²) in [5, 5.41) is 12.0. The van der Waals surface area contributed by atoms with Crippen molar-refractivity contribution in [1.29, 1.82) is 0 Å². The lowest BCUT2D eigenvalue weighted by Gasteiger charge is -2.36. The molecule has 1 unspecified atom stereocenters. The summed E-state index contributed by atoms with van der Waals surface area (Å²) >= 11 is 0. The Bertz CT molecular complexity index is 1380. The molecule has 4 atom stereocenters. The van der Waals surface area contributed by atoms with Gasteiger partial charge in [-0.25, -0.2) is 19.6 Å². The number of unbranched alkanes of at least 4 members (excludes halogenated alkanes) is 1. The van der Waals surface area contributed by atoms with Crippen LogP contribution in [0.5, 0.6) is 0 Å². The van der Waals surface area contributed by atoms with E-state index in [4.69, 9.17) is 19.6 Å². The molecule has 0 spiro atoms. The zero-order chi connectivity index (χ0) is 30.8. The molecule has 4 fully saturated rings. The number of hydrogen-bond acceptors (Lipinski definition) is 9. The fourth-order valence-corrected chi connectivity index (χ4v) is 6.11. The zero-order valence-electron chi connectivity index (χ0n) is 24.8. The zero-order valence-corrected chi connectivity index (χ0v) is 24.8. The van der Waals surface area contributed by atoms with E-state index in [9.17, 15) is 19.2 Å². The Hall–Kier alpha value is -4.42. The van der Waals surface area contributed by atoms with E-state index in [1.807, 2.05) is 42.2 Å². The van der Waals surface area contributed by atoms with E-state index in [-0.39, 0.29) is 41.6 Å². The molecule has 13 nitrogen and oxygen atoms in total. The molecular formula is C31H38N6O7. The first-order valence-corrected chi connectivity index (χ1v) is 15.4. The van der Waals surface area contributed by atoms with Crippen molar-refractivity contribution in [3.63, 3.8) is 0 Å². The number of piperidine rings is 1. The number of aromatic nitrogens is 2. The fraction of sp³-hybridized carbons (Fsp3) is 0.548. The second kappa shape index (κ2) is 12.7. The van der Waals surface area contributed by atoms with Gasteiger partial charge in [0.15, 0.2) is 5.82 Å². The van der Waals surface area contributed by atoms with Crippen molar-refractivity contribution in [3.05, 3.63) is 42.1 Å². The number of fused-ring (bicyclic) bond motifs is 1. The Morgan fingerprint density at radius 3 is 2.32 bits per heavy atom. The quantitative estimate of drug-likeness (QED) is 0.305. The normalized spacial score (nSPS) is 23.0. The minimum atomic E-state index is -1.27. The molecule has 0 bridgehead atoms. The molecule has 1 aromatic carbocycles. The van der Waals surface area contributed by atoms with Gasteiger partial charge in [0, 0.05) is 62.7 Å². The van der Waals surface area contributed by atoms with E-state index < -0.39 is 18.1 Å². The van der Waals surface area contributed by atoms with Crippen LogP contribution in [0, 0.1) is 17.8 Å². The number of carboxylic acid groups (broad SMARTS) is 1. The average Bonchev–Trinajstić information content (AvgIpc) is 3.95. The number of amides is 3. The van der Waals surface area contributed by atoms with Crippen LogP contribution in [0.3, 0.4) is 0 Å². The summed E-state index contributed by atoms with van der Waals surface area (Å²) in [6, 6.07) is 10.3. The number of carbonyl (C=O) groups is 4. The highest BCUT2D eigenvalue weighted by Crippen LogP contribution is 2.48. The largest absolute Gasteiger partial charge is 0.506 e. The predicted octanol–water partition coefficient (Wildman–Crippen LogP) is 2.86. The van der Waals surface area contributed by atoms with Gasteiger partial charge in [-0.05, 0) is 25.2 Å². The molecule has 2 aromatic rings. The molecule has 3 heterocycles. The molecule has 2 N–H and O–H groups in total. The van der Waals surface area contributed by atoms with E-state index >= 15 is 0 Å². The summed E-state index contributed by atoms with van der Waals surface area (Å²) in [6.07, 6.45) is 1.52. The Labute approximate surface area is 255 Å². The van der Waals surface area contributed by atoms with Crippen LogP contribution in [0.2, 0.25) is 0 Å². The monoisotopic (exact) mass is 606 g/mol. The summed E-state index contributed by atoms with van der Waals surface area (Å²) < 4.78 is 10.3. The molecular weight excluding hydrogens is 568 g/mol. The number of rotatable bonds is 10. The molecule has 4 aliphatic rings. The van der Waals surface area contributed by atoms with E-state index in [1.165, 1.54) is 0 Å². The lowest BCUT2D eigenvalue weighted by atomic mass is 10.1. The molecule has 234 valence electrons. The Morgan fingerprint density at radius 2 is 1.68 bits per heavy atom. The van der Waals surface area contributed by atoms with Crippen molar-refractivity contribution in [3.8, 4) is 11.4 Å². The van der Waals surface area contributed by atoms with Crippen molar-refractivity contribution in [1.82, 2.24) is 25.1 Å². The second-order valence-electron chi connectivity index (χ2n) is 12.0. The van der Waals surface area contributed by atoms with Gasteiger partial charge in [-0.3, -0.25) is 9.59 Å². The maximum atomic E-state index is 13.7. The second-order valence-corrected chi connectivity index (χ2v) is 12.0. The van der Waals surface area contributed by atoms with Crippen LogP contribution in [0.15, 0.2) is 36.4 Å². The van der Waals surface area contributed by atoms with E-state index in [0.29, 0.717) is 57.5 Å². The third-order valence-corrected chi connectivity index (χ3v) is 8.87.